The number of benzene rings is 2. The Bertz CT molecular complexity index is 1010. The summed E-state index contributed by atoms with van der Waals surface area (Å²) in [6, 6.07) is 20.0. The fraction of sp³-hybridized carbons (Fsp3) is 0.280. The van der Waals surface area contributed by atoms with Crippen molar-refractivity contribution < 1.29 is 9.59 Å². The van der Waals surface area contributed by atoms with Gasteiger partial charge in [-0.2, -0.15) is 0 Å². The second-order valence-electron chi connectivity index (χ2n) is 7.91. The molecular weight excluding hydrogens is 402 g/mol. The summed E-state index contributed by atoms with van der Waals surface area (Å²) in [5.41, 5.74) is 1.47. The van der Waals surface area contributed by atoms with Gasteiger partial charge in [-0.1, -0.05) is 48.5 Å². The van der Waals surface area contributed by atoms with E-state index in [1.807, 2.05) is 48.5 Å². The maximum Gasteiger partial charge on any atom is 0.251 e. The monoisotopic (exact) mass is 429 g/mol. The Morgan fingerprint density at radius 3 is 2.38 bits per heavy atom. The van der Waals surface area contributed by atoms with Crippen molar-refractivity contribution in [3.05, 3.63) is 90.3 Å². The van der Waals surface area contributed by atoms with Crippen LogP contribution in [0.4, 0.5) is 5.95 Å². The minimum atomic E-state index is -0.416. The standard InChI is InChI=1S/C25H27N5O2/c31-23(28-21-13-7-16-30(18-21)25-26-14-8-15-27-25)17-22(19-9-3-1-4-10-19)29-24(32)20-11-5-2-6-12-20/h1-6,8-12,14-15,21-22H,7,13,16-18H2,(H,28,31)(H,29,32). The number of carbonyl (C=O) groups is 2. The lowest BCUT2D eigenvalue weighted by atomic mass is 10.0. The van der Waals surface area contributed by atoms with Crippen LogP contribution in [0, 0.1) is 0 Å². The van der Waals surface area contributed by atoms with Crippen molar-refractivity contribution in [1.29, 1.82) is 0 Å². The van der Waals surface area contributed by atoms with Gasteiger partial charge in [0.25, 0.3) is 5.91 Å². The highest BCUT2D eigenvalue weighted by Crippen LogP contribution is 2.19. The molecule has 2 unspecified atom stereocenters. The molecule has 1 fully saturated rings. The van der Waals surface area contributed by atoms with Crippen molar-refractivity contribution in [3.8, 4) is 0 Å². The molecule has 2 N–H and O–H groups in total. The summed E-state index contributed by atoms with van der Waals surface area (Å²) in [6.45, 7) is 1.54. The Morgan fingerprint density at radius 1 is 0.969 bits per heavy atom. The summed E-state index contributed by atoms with van der Waals surface area (Å²) < 4.78 is 0. The van der Waals surface area contributed by atoms with Gasteiger partial charge in [-0.05, 0) is 36.6 Å². The van der Waals surface area contributed by atoms with Crippen molar-refractivity contribution in [2.75, 3.05) is 18.0 Å². The maximum absolute atomic E-state index is 12.9. The first-order valence-corrected chi connectivity index (χ1v) is 10.9. The number of nitrogens with zero attached hydrogens (tertiary/aromatic N) is 3. The molecule has 1 saturated heterocycles. The fourth-order valence-electron chi connectivity index (χ4n) is 3.97. The third kappa shape index (κ3) is 5.69. The number of aromatic nitrogens is 2. The first-order chi connectivity index (χ1) is 15.7. The van der Waals surface area contributed by atoms with Crippen LogP contribution in [0.5, 0.6) is 0 Å². The average molecular weight is 430 g/mol. The molecule has 1 aromatic heterocycles. The molecule has 0 saturated carbocycles. The van der Waals surface area contributed by atoms with Gasteiger partial charge in [-0.3, -0.25) is 9.59 Å². The van der Waals surface area contributed by atoms with Gasteiger partial charge >= 0.3 is 0 Å². The lowest BCUT2D eigenvalue weighted by Gasteiger charge is -2.33. The topological polar surface area (TPSA) is 87.2 Å². The van der Waals surface area contributed by atoms with E-state index in [1.165, 1.54) is 0 Å². The van der Waals surface area contributed by atoms with Crippen molar-refractivity contribution in [3.63, 3.8) is 0 Å². The molecule has 0 bridgehead atoms. The van der Waals surface area contributed by atoms with Crippen LogP contribution in [0.3, 0.4) is 0 Å². The van der Waals surface area contributed by atoms with Crippen molar-refractivity contribution in [1.82, 2.24) is 20.6 Å². The molecule has 2 aromatic carbocycles. The van der Waals surface area contributed by atoms with Gasteiger partial charge in [-0.25, -0.2) is 9.97 Å². The molecule has 0 spiro atoms. The van der Waals surface area contributed by atoms with Crippen molar-refractivity contribution in [2.24, 2.45) is 0 Å². The van der Waals surface area contributed by atoms with E-state index in [1.54, 1.807) is 30.6 Å². The lowest BCUT2D eigenvalue weighted by molar-refractivity contribution is -0.122. The molecule has 7 nitrogen and oxygen atoms in total. The smallest absolute Gasteiger partial charge is 0.251 e. The Kier molecular flexibility index (Phi) is 7.07. The quantitative estimate of drug-likeness (QED) is 0.603. The van der Waals surface area contributed by atoms with E-state index in [2.05, 4.69) is 25.5 Å². The van der Waals surface area contributed by atoms with Gasteiger partial charge in [-0.15, -0.1) is 0 Å². The van der Waals surface area contributed by atoms with Crippen LogP contribution in [0.15, 0.2) is 79.1 Å². The molecule has 7 heteroatoms. The van der Waals surface area contributed by atoms with Gasteiger partial charge in [0.05, 0.1) is 12.5 Å². The minimum Gasteiger partial charge on any atom is -0.352 e. The van der Waals surface area contributed by atoms with Crippen LogP contribution in [0.1, 0.15) is 41.2 Å². The molecule has 164 valence electrons. The van der Waals surface area contributed by atoms with Gasteiger partial charge in [0.1, 0.15) is 0 Å². The Balaban J connectivity index is 1.40. The Labute approximate surface area is 187 Å². The highest BCUT2D eigenvalue weighted by molar-refractivity contribution is 5.94. The summed E-state index contributed by atoms with van der Waals surface area (Å²) in [6.07, 6.45) is 5.48. The van der Waals surface area contributed by atoms with E-state index in [-0.39, 0.29) is 24.3 Å². The molecule has 3 aromatic rings. The van der Waals surface area contributed by atoms with Crippen molar-refractivity contribution in [2.45, 2.75) is 31.3 Å². The number of anilines is 1. The normalized spacial score (nSPS) is 16.8. The van der Waals surface area contributed by atoms with E-state index in [9.17, 15) is 9.59 Å². The fourth-order valence-corrected chi connectivity index (χ4v) is 3.97. The molecule has 1 aliphatic heterocycles. The van der Waals surface area contributed by atoms with E-state index in [4.69, 9.17) is 0 Å². The third-order valence-electron chi connectivity index (χ3n) is 5.55. The molecular formula is C25H27N5O2. The van der Waals surface area contributed by atoms with E-state index in [0.717, 1.165) is 24.9 Å². The second kappa shape index (κ2) is 10.5. The number of piperidine rings is 1. The van der Waals surface area contributed by atoms with E-state index >= 15 is 0 Å². The van der Waals surface area contributed by atoms with Crippen LogP contribution in [-0.4, -0.2) is 40.9 Å². The van der Waals surface area contributed by atoms with Gasteiger partial charge in [0.2, 0.25) is 11.9 Å². The predicted octanol–water partition coefficient (Wildman–Crippen LogP) is 3.12. The average Bonchev–Trinajstić information content (AvgIpc) is 2.85. The summed E-state index contributed by atoms with van der Waals surface area (Å²) in [5, 5.41) is 6.17. The largest absolute Gasteiger partial charge is 0.352 e. The maximum atomic E-state index is 12.9. The second-order valence-corrected chi connectivity index (χ2v) is 7.91. The molecule has 2 heterocycles. The van der Waals surface area contributed by atoms with Gasteiger partial charge in [0.15, 0.2) is 0 Å². The number of amides is 2. The highest BCUT2D eigenvalue weighted by atomic mass is 16.2. The Hall–Kier alpha value is -3.74. The number of hydrogen-bond acceptors (Lipinski definition) is 5. The zero-order valence-corrected chi connectivity index (χ0v) is 17.9. The predicted molar refractivity (Wildman–Crippen MR) is 123 cm³/mol. The summed E-state index contributed by atoms with van der Waals surface area (Å²) in [7, 11) is 0. The van der Waals surface area contributed by atoms with E-state index in [0.29, 0.717) is 18.1 Å². The summed E-state index contributed by atoms with van der Waals surface area (Å²) >= 11 is 0. The molecule has 1 aliphatic rings. The zero-order chi connectivity index (χ0) is 22.2. The molecule has 4 rings (SSSR count). The van der Waals surface area contributed by atoms with Crippen LogP contribution >= 0.6 is 0 Å². The summed E-state index contributed by atoms with van der Waals surface area (Å²) in [5.74, 6) is 0.397. The number of carbonyl (C=O) groups excluding carboxylic acids is 2. The van der Waals surface area contributed by atoms with Crippen LogP contribution in [0.25, 0.3) is 0 Å². The van der Waals surface area contributed by atoms with Crippen LogP contribution < -0.4 is 15.5 Å². The minimum absolute atomic E-state index is 0.0151. The Morgan fingerprint density at radius 2 is 1.66 bits per heavy atom. The number of nitrogens with one attached hydrogen (secondary N) is 2. The number of hydrogen-bond donors (Lipinski definition) is 2. The third-order valence-corrected chi connectivity index (χ3v) is 5.55. The lowest BCUT2D eigenvalue weighted by Crippen LogP contribution is -2.49. The summed E-state index contributed by atoms with van der Waals surface area (Å²) in [4.78, 5) is 36.4. The van der Waals surface area contributed by atoms with Crippen molar-refractivity contribution >= 4 is 17.8 Å². The SMILES string of the molecule is O=C(CC(NC(=O)c1ccccc1)c1ccccc1)NC1CCCN(c2ncccn2)C1. The molecule has 2 atom stereocenters. The van der Waals surface area contributed by atoms with Gasteiger partial charge in [0, 0.05) is 37.1 Å². The van der Waals surface area contributed by atoms with Gasteiger partial charge < -0.3 is 15.5 Å². The molecule has 0 radical (unpaired) electrons. The van der Waals surface area contributed by atoms with Crippen LogP contribution in [0.2, 0.25) is 0 Å². The van der Waals surface area contributed by atoms with E-state index < -0.39 is 6.04 Å². The highest BCUT2D eigenvalue weighted by Gasteiger charge is 2.25. The molecule has 2 amide bonds. The first-order valence-electron chi connectivity index (χ1n) is 10.9. The molecule has 0 aliphatic carbocycles. The number of rotatable bonds is 7. The van der Waals surface area contributed by atoms with Crippen LogP contribution in [-0.2, 0) is 4.79 Å². The zero-order valence-electron chi connectivity index (χ0n) is 17.9. The first kappa shape index (κ1) is 21.5. The molecule has 32 heavy (non-hydrogen) atoms.